The third-order valence-electron chi connectivity index (χ3n) is 2.77. The quantitative estimate of drug-likeness (QED) is 0.786. The lowest BCUT2D eigenvalue weighted by molar-refractivity contribution is 0.430. The van der Waals surface area contributed by atoms with Crippen LogP contribution in [0.2, 0.25) is 0 Å². The standard InChI is InChI=1S/C13H20FN/c1-10(2)11(3)15-8-7-12-5-4-6-13(14)9-12/h4-6,9-11,15H,7-8H2,1-3H3. The lowest BCUT2D eigenvalue weighted by Crippen LogP contribution is -2.32. The van der Waals surface area contributed by atoms with E-state index in [2.05, 4.69) is 26.1 Å². The molecule has 1 aromatic rings. The van der Waals surface area contributed by atoms with E-state index in [0.717, 1.165) is 18.5 Å². The van der Waals surface area contributed by atoms with Gasteiger partial charge in [-0.05, 0) is 43.5 Å². The largest absolute Gasteiger partial charge is 0.314 e. The van der Waals surface area contributed by atoms with Crippen LogP contribution in [0.25, 0.3) is 0 Å². The van der Waals surface area contributed by atoms with E-state index in [9.17, 15) is 4.39 Å². The molecule has 1 atom stereocenters. The van der Waals surface area contributed by atoms with Crippen LogP contribution in [0.1, 0.15) is 26.3 Å². The molecule has 0 aliphatic heterocycles. The van der Waals surface area contributed by atoms with Crippen molar-refractivity contribution < 1.29 is 4.39 Å². The van der Waals surface area contributed by atoms with E-state index in [0.29, 0.717) is 12.0 Å². The van der Waals surface area contributed by atoms with Crippen molar-refractivity contribution in [3.05, 3.63) is 35.6 Å². The Morgan fingerprint density at radius 2 is 2.00 bits per heavy atom. The predicted molar refractivity (Wildman–Crippen MR) is 62.4 cm³/mol. The molecule has 15 heavy (non-hydrogen) atoms. The van der Waals surface area contributed by atoms with Crippen molar-refractivity contribution in [2.75, 3.05) is 6.54 Å². The minimum Gasteiger partial charge on any atom is -0.314 e. The zero-order valence-electron chi connectivity index (χ0n) is 9.76. The summed E-state index contributed by atoms with van der Waals surface area (Å²) in [5, 5.41) is 3.43. The fourth-order valence-corrected chi connectivity index (χ4v) is 1.37. The summed E-state index contributed by atoms with van der Waals surface area (Å²) < 4.78 is 12.9. The molecule has 0 aliphatic rings. The molecule has 0 aliphatic carbocycles. The van der Waals surface area contributed by atoms with Crippen LogP contribution in [-0.2, 0) is 6.42 Å². The van der Waals surface area contributed by atoms with Crippen molar-refractivity contribution in [1.29, 1.82) is 0 Å². The maximum atomic E-state index is 12.9. The Bertz CT molecular complexity index is 296. The van der Waals surface area contributed by atoms with Crippen molar-refractivity contribution in [3.8, 4) is 0 Å². The molecule has 1 N–H and O–H groups in total. The van der Waals surface area contributed by atoms with Crippen LogP contribution in [0.4, 0.5) is 4.39 Å². The number of halogens is 1. The zero-order valence-corrected chi connectivity index (χ0v) is 9.76. The number of hydrogen-bond acceptors (Lipinski definition) is 1. The Morgan fingerprint density at radius 3 is 2.60 bits per heavy atom. The van der Waals surface area contributed by atoms with E-state index >= 15 is 0 Å². The summed E-state index contributed by atoms with van der Waals surface area (Å²) in [5.41, 5.74) is 1.05. The van der Waals surface area contributed by atoms with Gasteiger partial charge < -0.3 is 5.32 Å². The molecule has 0 bridgehead atoms. The van der Waals surface area contributed by atoms with Crippen LogP contribution in [0, 0.1) is 11.7 Å². The summed E-state index contributed by atoms with van der Waals surface area (Å²) in [6, 6.07) is 7.31. The van der Waals surface area contributed by atoms with E-state index in [1.807, 2.05) is 6.07 Å². The molecule has 1 nitrogen and oxygen atoms in total. The van der Waals surface area contributed by atoms with Gasteiger partial charge in [-0.1, -0.05) is 26.0 Å². The van der Waals surface area contributed by atoms with E-state index < -0.39 is 0 Å². The molecule has 0 heterocycles. The van der Waals surface area contributed by atoms with E-state index in [1.54, 1.807) is 12.1 Å². The predicted octanol–water partition coefficient (Wildman–Crippen LogP) is 3.00. The van der Waals surface area contributed by atoms with Crippen molar-refractivity contribution in [2.24, 2.45) is 5.92 Å². The summed E-state index contributed by atoms with van der Waals surface area (Å²) in [6.07, 6.45) is 0.884. The second-order valence-corrected chi connectivity index (χ2v) is 4.37. The molecule has 2 heteroatoms. The van der Waals surface area contributed by atoms with Crippen molar-refractivity contribution in [1.82, 2.24) is 5.32 Å². The van der Waals surface area contributed by atoms with Gasteiger partial charge in [-0.3, -0.25) is 0 Å². The molecule has 0 radical (unpaired) electrons. The highest BCUT2D eigenvalue weighted by Gasteiger charge is 2.05. The Kier molecular flexibility index (Phi) is 4.76. The molecular weight excluding hydrogens is 189 g/mol. The summed E-state index contributed by atoms with van der Waals surface area (Å²) >= 11 is 0. The molecule has 0 fully saturated rings. The molecule has 0 amide bonds. The van der Waals surface area contributed by atoms with Gasteiger partial charge in [0.2, 0.25) is 0 Å². The summed E-state index contributed by atoms with van der Waals surface area (Å²) in [7, 11) is 0. The normalized spacial score (nSPS) is 13.1. The van der Waals surface area contributed by atoms with Crippen molar-refractivity contribution >= 4 is 0 Å². The first-order valence-corrected chi connectivity index (χ1v) is 5.57. The first-order valence-electron chi connectivity index (χ1n) is 5.57. The monoisotopic (exact) mass is 209 g/mol. The van der Waals surface area contributed by atoms with Gasteiger partial charge >= 0.3 is 0 Å². The van der Waals surface area contributed by atoms with Gasteiger partial charge in [0.15, 0.2) is 0 Å². The SMILES string of the molecule is CC(C)C(C)NCCc1cccc(F)c1. The lowest BCUT2D eigenvalue weighted by Gasteiger charge is -2.17. The minimum atomic E-state index is -0.149. The van der Waals surface area contributed by atoms with Crippen LogP contribution in [-0.4, -0.2) is 12.6 Å². The molecule has 84 valence electrons. The van der Waals surface area contributed by atoms with Crippen LogP contribution in [0.15, 0.2) is 24.3 Å². The zero-order chi connectivity index (χ0) is 11.3. The second kappa shape index (κ2) is 5.86. The first-order chi connectivity index (χ1) is 7.09. The molecule has 0 saturated heterocycles. The maximum Gasteiger partial charge on any atom is 0.123 e. The molecular formula is C13H20FN. The highest BCUT2D eigenvalue weighted by Crippen LogP contribution is 2.04. The highest BCUT2D eigenvalue weighted by molar-refractivity contribution is 5.16. The fraction of sp³-hybridized carbons (Fsp3) is 0.538. The molecule has 0 aromatic heterocycles. The van der Waals surface area contributed by atoms with Crippen LogP contribution < -0.4 is 5.32 Å². The number of benzene rings is 1. The topological polar surface area (TPSA) is 12.0 Å². The summed E-state index contributed by atoms with van der Waals surface area (Å²) in [6.45, 7) is 7.47. The van der Waals surface area contributed by atoms with E-state index in [-0.39, 0.29) is 5.82 Å². The third kappa shape index (κ3) is 4.43. The first kappa shape index (κ1) is 12.2. The minimum absolute atomic E-state index is 0.149. The van der Waals surface area contributed by atoms with Gasteiger partial charge in [0, 0.05) is 6.04 Å². The summed E-state index contributed by atoms with van der Waals surface area (Å²) in [4.78, 5) is 0. The van der Waals surface area contributed by atoms with Gasteiger partial charge in [0.1, 0.15) is 5.82 Å². The maximum absolute atomic E-state index is 12.9. The van der Waals surface area contributed by atoms with Crippen molar-refractivity contribution in [2.45, 2.75) is 33.2 Å². The lowest BCUT2D eigenvalue weighted by atomic mass is 10.1. The van der Waals surface area contributed by atoms with E-state index in [1.165, 1.54) is 6.07 Å². The van der Waals surface area contributed by atoms with E-state index in [4.69, 9.17) is 0 Å². The highest BCUT2D eigenvalue weighted by atomic mass is 19.1. The van der Waals surface area contributed by atoms with Crippen LogP contribution in [0.3, 0.4) is 0 Å². The van der Waals surface area contributed by atoms with Crippen molar-refractivity contribution in [3.63, 3.8) is 0 Å². The summed E-state index contributed by atoms with van der Waals surface area (Å²) in [5.74, 6) is 0.488. The molecule has 1 rings (SSSR count). The van der Waals surface area contributed by atoms with Gasteiger partial charge in [0.05, 0.1) is 0 Å². The second-order valence-electron chi connectivity index (χ2n) is 4.37. The molecule has 1 aromatic carbocycles. The van der Waals surface area contributed by atoms with Gasteiger partial charge in [-0.2, -0.15) is 0 Å². The number of nitrogens with one attached hydrogen (secondary N) is 1. The van der Waals surface area contributed by atoms with Crippen LogP contribution in [0.5, 0.6) is 0 Å². The smallest absolute Gasteiger partial charge is 0.123 e. The number of hydrogen-bond donors (Lipinski definition) is 1. The Labute approximate surface area is 91.7 Å². The molecule has 1 unspecified atom stereocenters. The Balaban J connectivity index is 2.32. The fourth-order valence-electron chi connectivity index (χ4n) is 1.37. The average molecular weight is 209 g/mol. The van der Waals surface area contributed by atoms with Crippen LogP contribution >= 0.6 is 0 Å². The van der Waals surface area contributed by atoms with Gasteiger partial charge in [0.25, 0.3) is 0 Å². The Hall–Kier alpha value is -0.890. The third-order valence-corrected chi connectivity index (χ3v) is 2.77. The molecule has 0 spiro atoms. The number of rotatable bonds is 5. The van der Waals surface area contributed by atoms with Gasteiger partial charge in [-0.15, -0.1) is 0 Å². The van der Waals surface area contributed by atoms with Gasteiger partial charge in [-0.25, -0.2) is 4.39 Å². The average Bonchev–Trinajstić information content (AvgIpc) is 2.17. The molecule has 0 saturated carbocycles. The Morgan fingerprint density at radius 1 is 1.27 bits per heavy atom.